The minimum Gasteiger partial charge on any atom is -0.507 e. The molecule has 7 N–H and O–H groups in total. The Morgan fingerprint density at radius 1 is 0.885 bits per heavy atom. The van der Waals surface area contributed by atoms with Gasteiger partial charge in [0.25, 0.3) is 11.7 Å². The van der Waals surface area contributed by atoms with Crippen LogP contribution >= 0.6 is 0 Å². The number of aromatic hydroxyl groups is 3. The molecule has 0 radical (unpaired) electrons. The number of methoxy groups -OCH3 is 1. The highest BCUT2D eigenvalue weighted by Gasteiger charge is 2.37. The fourth-order valence-corrected chi connectivity index (χ4v) is 5.84. The molecule has 1 amide bonds. The van der Waals surface area contributed by atoms with E-state index in [4.69, 9.17) is 14.2 Å². The van der Waals surface area contributed by atoms with Crippen LogP contribution in [0.2, 0.25) is 0 Å². The lowest BCUT2D eigenvalue weighted by Gasteiger charge is -2.35. The molecule has 8 atom stereocenters. The molecule has 13 heteroatoms. The number of rotatable bonds is 17. The van der Waals surface area contributed by atoms with Gasteiger partial charge in [0.2, 0.25) is 5.78 Å². The van der Waals surface area contributed by atoms with E-state index in [1.165, 1.54) is 46.1 Å². The molecule has 0 fully saturated rings. The number of hydrogen-bond acceptors (Lipinski definition) is 12. The third kappa shape index (κ3) is 10.6. The third-order valence-corrected chi connectivity index (χ3v) is 9.20. The van der Waals surface area contributed by atoms with Gasteiger partial charge in [-0.05, 0) is 44.4 Å². The lowest BCUT2D eigenvalue weighted by Crippen LogP contribution is -2.43. The van der Waals surface area contributed by atoms with Crippen LogP contribution in [0.25, 0.3) is 10.8 Å². The Bertz CT molecular complexity index is 1690. The number of hydrogen-bond donors (Lipinski definition) is 7. The predicted octanol–water partition coefficient (Wildman–Crippen LogP) is 5.38. The summed E-state index contributed by atoms with van der Waals surface area (Å²) in [6, 6.07) is 2.25. The lowest BCUT2D eigenvalue weighted by atomic mass is 9.80. The zero-order valence-corrected chi connectivity index (χ0v) is 31.8. The number of carbonyl (C=O) groups is 3. The smallest absolute Gasteiger partial charge is 0.302 e. The maximum absolute atomic E-state index is 13.4. The molecule has 2 rings (SSSR count). The molecule has 0 aliphatic heterocycles. The first-order valence-electron chi connectivity index (χ1n) is 17.1. The Labute approximate surface area is 305 Å². The minimum atomic E-state index is -2.41. The van der Waals surface area contributed by atoms with E-state index in [2.05, 4.69) is 5.32 Å². The molecule has 2 aromatic carbocycles. The second-order valence-corrected chi connectivity index (χ2v) is 13.9. The summed E-state index contributed by atoms with van der Waals surface area (Å²) in [6.45, 7) is 16.1. The van der Waals surface area contributed by atoms with Crippen molar-refractivity contribution in [3.8, 4) is 17.2 Å². The van der Waals surface area contributed by atoms with Gasteiger partial charge in [-0.15, -0.1) is 0 Å². The van der Waals surface area contributed by atoms with E-state index >= 15 is 0 Å². The SMILES string of the molecule is COC(C)/C=C/OC(C)(O)C(=O)c1cc(C)c(O)c2c(O)c(NC(=O)/C(C)=C\C=C\C(C)C(O)C(C)C(O)C(C)C(OC(C)=O)C(C)C)cc(O)c12. The lowest BCUT2D eigenvalue weighted by molar-refractivity contribution is -0.156. The number of ketones is 1. The summed E-state index contributed by atoms with van der Waals surface area (Å²) < 4.78 is 15.8. The maximum atomic E-state index is 13.4. The van der Waals surface area contributed by atoms with Crippen molar-refractivity contribution in [1.82, 2.24) is 0 Å². The van der Waals surface area contributed by atoms with E-state index in [9.17, 15) is 45.0 Å². The fourth-order valence-electron chi connectivity index (χ4n) is 5.84. The first-order valence-corrected chi connectivity index (χ1v) is 17.1. The summed E-state index contributed by atoms with van der Waals surface area (Å²) in [6.07, 6.45) is 4.40. The van der Waals surface area contributed by atoms with Crippen LogP contribution < -0.4 is 5.32 Å². The van der Waals surface area contributed by atoms with Gasteiger partial charge in [0.15, 0.2) is 5.75 Å². The number of phenolic OH excluding ortho intramolecular Hbond substituents is 3. The van der Waals surface area contributed by atoms with Gasteiger partial charge in [0.05, 0.1) is 35.6 Å². The van der Waals surface area contributed by atoms with E-state index in [0.717, 1.165) is 19.3 Å². The van der Waals surface area contributed by atoms with E-state index in [1.807, 2.05) is 13.8 Å². The van der Waals surface area contributed by atoms with Crippen molar-refractivity contribution in [2.24, 2.45) is 23.7 Å². The summed E-state index contributed by atoms with van der Waals surface area (Å²) in [4.78, 5) is 38.1. The van der Waals surface area contributed by atoms with E-state index in [-0.39, 0.29) is 45.2 Å². The number of fused-ring (bicyclic) bond motifs is 1. The molecule has 0 bridgehead atoms. The molecule has 288 valence electrons. The number of amides is 1. The van der Waals surface area contributed by atoms with Crippen molar-refractivity contribution in [2.75, 3.05) is 12.4 Å². The third-order valence-electron chi connectivity index (χ3n) is 9.20. The number of Topliss-reactive ketones (excluding diaryl/α,β-unsaturated/α-hetero) is 1. The molecule has 0 spiro atoms. The number of ether oxygens (including phenoxy) is 3. The topological polar surface area (TPSA) is 212 Å². The van der Waals surface area contributed by atoms with Crippen molar-refractivity contribution in [3.63, 3.8) is 0 Å². The highest BCUT2D eigenvalue weighted by molar-refractivity contribution is 6.18. The van der Waals surface area contributed by atoms with Crippen LogP contribution in [0.4, 0.5) is 5.69 Å². The molecule has 0 aliphatic rings. The number of phenols is 3. The molecule has 0 aliphatic carbocycles. The van der Waals surface area contributed by atoms with Gasteiger partial charge in [-0.1, -0.05) is 52.8 Å². The van der Waals surface area contributed by atoms with E-state index in [1.54, 1.807) is 39.8 Å². The fraction of sp³-hybridized carbons (Fsp3) is 0.513. The van der Waals surface area contributed by atoms with Gasteiger partial charge in [0, 0.05) is 61.3 Å². The predicted molar refractivity (Wildman–Crippen MR) is 197 cm³/mol. The molecule has 8 unspecified atom stereocenters. The molecular weight excluding hydrogens is 674 g/mol. The van der Waals surface area contributed by atoms with Crippen LogP contribution in [0.1, 0.15) is 78.2 Å². The second-order valence-electron chi connectivity index (χ2n) is 13.9. The van der Waals surface area contributed by atoms with Gasteiger partial charge in [0.1, 0.15) is 17.6 Å². The number of esters is 1. The molecular formula is C39H55NO12. The Hall–Kier alpha value is -4.43. The van der Waals surface area contributed by atoms with Crippen molar-refractivity contribution in [3.05, 3.63) is 59.4 Å². The minimum absolute atomic E-state index is 0.0485. The van der Waals surface area contributed by atoms with Gasteiger partial charge < -0.3 is 50.2 Å². The van der Waals surface area contributed by atoms with E-state index < -0.39 is 76.8 Å². The number of aliphatic hydroxyl groups excluding tert-OH is 2. The van der Waals surface area contributed by atoms with Crippen molar-refractivity contribution in [1.29, 1.82) is 0 Å². The van der Waals surface area contributed by atoms with Gasteiger partial charge in [-0.2, -0.15) is 0 Å². The van der Waals surface area contributed by atoms with Crippen molar-refractivity contribution < 1.29 is 59.2 Å². The van der Waals surface area contributed by atoms with Crippen LogP contribution in [-0.2, 0) is 23.8 Å². The number of aryl methyl sites for hydroxylation is 1. The van der Waals surface area contributed by atoms with Crippen LogP contribution in [0, 0.1) is 30.6 Å². The summed E-state index contributed by atoms with van der Waals surface area (Å²) in [5.41, 5.74) is -0.216. The average molecular weight is 730 g/mol. The summed E-state index contributed by atoms with van der Waals surface area (Å²) in [5.74, 6) is -7.72. The van der Waals surface area contributed by atoms with Crippen molar-refractivity contribution >= 4 is 34.1 Å². The number of aliphatic hydroxyl groups is 3. The zero-order valence-electron chi connectivity index (χ0n) is 31.8. The molecule has 2 aromatic rings. The molecule has 0 saturated carbocycles. The van der Waals surface area contributed by atoms with Crippen LogP contribution in [0.3, 0.4) is 0 Å². The number of benzene rings is 2. The van der Waals surface area contributed by atoms with Gasteiger partial charge >= 0.3 is 5.97 Å². The molecule has 0 saturated heterocycles. The summed E-state index contributed by atoms with van der Waals surface area (Å²) in [7, 11) is 1.47. The monoisotopic (exact) mass is 729 g/mol. The van der Waals surface area contributed by atoms with Gasteiger partial charge in [-0.3, -0.25) is 14.4 Å². The van der Waals surface area contributed by atoms with Crippen LogP contribution in [0.5, 0.6) is 17.2 Å². The second kappa shape index (κ2) is 18.4. The van der Waals surface area contributed by atoms with Crippen LogP contribution in [0.15, 0.2) is 48.3 Å². The molecule has 13 nitrogen and oxygen atoms in total. The highest BCUT2D eigenvalue weighted by atomic mass is 16.6. The Balaban J connectivity index is 2.31. The largest absolute Gasteiger partial charge is 0.507 e. The van der Waals surface area contributed by atoms with Crippen molar-refractivity contribution in [2.45, 2.75) is 99.4 Å². The number of carbonyl (C=O) groups excluding carboxylic acids is 3. The number of nitrogens with one attached hydrogen (secondary N) is 1. The molecule has 52 heavy (non-hydrogen) atoms. The quantitative estimate of drug-likeness (QED) is 0.0160. The standard InChI is InChI=1S/C39H55NO12/c1-19(2)36(52-26(9)41)25(8)34(45)24(7)32(43)20(3)13-12-14-21(4)38(48)40-28-18-29(42)30-27(17-22(5)33(44)31(30)35(28)46)37(47)39(10,49)51-16-15-23(6)50-11/h12-20,23-25,32,34,36,42-46,49H,1-11H3,(H,40,48)/b13-12+,16-15+,21-14-. The van der Waals surface area contributed by atoms with Gasteiger partial charge in [-0.25, -0.2) is 0 Å². The first kappa shape index (κ1) is 43.7. The molecule has 0 heterocycles. The molecule has 0 aromatic heterocycles. The maximum Gasteiger partial charge on any atom is 0.302 e. The average Bonchev–Trinajstić information content (AvgIpc) is 3.07. The van der Waals surface area contributed by atoms with Crippen LogP contribution in [-0.4, -0.2) is 85.6 Å². The first-order chi connectivity index (χ1) is 24.1. The number of anilines is 1. The highest BCUT2D eigenvalue weighted by Crippen LogP contribution is 2.47. The van der Waals surface area contributed by atoms with E-state index in [0.29, 0.717) is 0 Å². The summed E-state index contributed by atoms with van der Waals surface area (Å²) >= 11 is 0. The Kier molecular flexibility index (Phi) is 15.4. The zero-order chi connectivity index (χ0) is 39.8. The Morgan fingerprint density at radius 3 is 2.06 bits per heavy atom. The number of allylic oxidation sites excluding steroid dienone is 2. The summed E-state index contributed by atoms with van der Waals surface area (Å²) in [5, 5.41) is 67.8. The normalized spacial score (nSPS) is 17.7. The Morgan fingerprint density at radius 2 is 1.50 bits per heavy atom.